The fraction of sp³-hybridized carbons (Fsp3) is 0.636. The number of hydrogen-bond acceptors (Lipinski definition) is 4. The van der Waals surface area contributed by atoms with Gasteiger partial charge in [0.2, 0.25) is 0 Å². The van der Waals surface area contributed by atoms with E-state index in [1.807, 2.05) is 6.92 Å². The number of ether oxygens (including phenoxy) is 2. The lowest BCUT2D eigenvalue weighted by Crippen LogP contribution is -2.44. The number of amides is 1. The molecular weight excluding hydrogens is 222 g/mol. The lowest BCUT2D eigenvalue weighted by atomic mass is 10.2. The van der Waals surface area contributed by atoms with E-state index < -0.39 is 6.10 Å². The van der Waals surface area contributed by atoms with Crippen LogP contribution >= 0.6 is 0 Å². The van der Waals surface area contributed by atoms with E-state index in [1.54, 1.807) is 12.4 Å². The topological polar surface area (TPSA) is 76.2 Å². The van der Waals surface area contributed by atoms with Gasteiger partial charge in [-0.25, -0.2) is 4.98 Å². The molecule has 1 amide bonds. The van der Waals surface area contributed by atoms with Gasteiger partial charge in [-0.05, 0) is 6.42 Å². The Morgan fingerprint density at radius 2 is 2.59 bits per heavy atom. The summed E-state index contributed by atoms with van der Waals surface area (Å²) in [5.74, 6) is 0.616. The van der Waals surface area contributed by atoms with Gasteiger partial charge >= 0.3 is 0 Å². The van der Waals surface area contributed by atoms with E-state index >= 15 is 0 Å². The number of nitrogens with one attached hydrogen (secondary N) is 2. The van der Waals surface area contributed by atoms with Crippen molar-refractivity contribution in [3.63, 3.8) is 0 Å². The van der Waals surface area contributed by atoms with Crippen molar-refractivity contribution in [3.8, 4) is 0 Å². The molecule has 2 rings (SSSR count). The summed E-state index contributed by atoms with van der Waals surface area (Å²) in [7, 11) is 0. The maximum Gasteiger partial charge on any atom is 0.252 e. The molecule has 0 bridgehead atoms. The molecule has 1 saturated heterocycles. The Morgan fingerprint density at radius 1 is 1.71 bits per heavy atom. The predicted molar refractivity (Wildman–Crippen MR) is 60.3 cm³/mol. The van der Waals surface area contributed by atoms with Gasteiger partial charge < -0.3 is 19.8 Å². The molecule has 0 radical (unpaired) electrons. The zero-order valence-corrected chi connectivity index (χ0v) is 9.81. The van der Waals surface area contributed by atoms with Gasteiger partial charge in [0.25, 0.3) is 5.91 Å². The molecule has 0 aromatic carbocycles. The minimum atomic E-state index is -0.507. The van der Waals surface area contributed by atoms with E-state index in [0.717, 1.165) is 12.2 Å². The van der Waals surface area contributed by atoms with E-state index in [1.165, 1.54) is 0 Å². The molecule has 1 aromatic heterocycles. The molecule has 94 valence electrons. The smallest absolute Gasteiger partial charge is 0.252 e. The average Bonchev–Trinajstić information content (AvgIpc) is 2.90. The maximum absolute atomic E-state index is 11.9. The first kappa shape index (κ1) is 12.1. The molecule has 2 N–H and O–H groups in total. The van der Waals surface area contributed by atoms with Crippen LogP contribution in [0.3, 0.4) is 0 Å². The van der Waals surface area contributed by atoms with Gasteiger partial charge in [0.15, 0.2) is 6.10 Å². The highest BCUT2D eigenvalue weighted by atomic mass is 16.6. The van der Waals surface area contributed by atoms with Gasteiger partial charge in [-0.3, -0.25) is 4.79 Å². The Labute approximate surface area is 99.7 Å². The molecule has 1 aliphatic heterocycles. The van der Waals surface area contributed by atoms with Gasteiger partial charge in [-0.15, -0.1) is 0 Å². The highest BCUT2D eigenvalue weighted by molar-refractivity contribution is 5.81. The molecular formula is C11H17N3O3. The lowest BCUT2D eigenvalue weighted by Gasteiger charge is -2.24. The van der Waals surface area contributed by atoms with Crippen molar-refractivity contribution >= 4 is 5.91 Å². The fourth-order valence-electron chi connectivity index (χ4n) is 1.74. The third-order valence-corrected chi connectivity index (χ3v) is 2.68. The number of hydrogen-bond donors (Lipinski definition) is 2. The SMILES string of the molecule is CCC(NC(=O)C1COCCO1)c1ncc[nH]1. The summed E-state index contributed by atoms with van der Waals surface area (Å²) in [6.45, 7) is 3.33. The van der Waals surface area contributed by atoms with Crippen LogP contribution in [-0.4, -0.2) is 41.8 Å². The molecule has 0 saturated carbocycles. The molecule has 1 fully saturated rings. The molecule has 2 heterocycles. The average molecular weight is 239 g/mol. The van der Waals surface area contributed by atoms with Crippen molar-refractivity contribution in [2.45, 2.75) is 25.5 Å². The zero-order valence-electron chi connectivity index (χ0n) is 9.81. The van der Waals surface area contributed by atoms with E-state index in [4.69, 9.17) is 9.47 Å². The van der Waals surface area contributed by atoms with Gasteiger partial charge in [0.05, 0.1) is 25.9 Å². The Bertz CT molecular complexity index is 347. The summed E-state index contributed by atoms with van der Waals surface area (Å²) >= 11 is 0. The predicted octanol–water partition coefficient (Wildman–Crippen LogP) is 0.392. The first-order valence-electron chi connectivity index (χ1n) is 5.80. The van der Waals surface area contributed by atoms with Crippen LogP contribution in [0.4, 0.5) is 0 Å². The van der Waals surface area contributed by atoms with Crippen LogP contribution in [0, 0.1) is 0 Å². The standard InChI is InChI=1S/C11H17N3O3/c1-2-8(10-12-3-4-13-10)14-11(15)9-7-16-5-6-17-9/h3-4,8-9H,2,5-7H2,1H3,(H,12,13)(H,14,15). The molecule has 2 atom stereocenters. The number of carbonyl (C=O) groups is 1. The number of imidazole rings is 1. The van der Waals surface area contributed by atoms with Crippen molar-refractivity contribution in [1.82, 2.24) is 15.3 Å². The number of rotatable bonds is 4. The number of carbonyl (C=O) groups excluding carboxylic acids is 1. The highest BCUT2D eigenvalue weighted by Crippen LogP contribution is 2.12. The van der Waals surface area contributed by atoms with Crippen LogP contribution in [-0.2, 0) is 14.3 Å². The number of aromatic amines is 1. The minimum Gasteiger partial charge on any atom is -0.376 e. The summed E-state index contributed by atoms with van der Waals surface area (Å²) in [5, 5.41) is 2.90. The summed E-state index contributed by atoms with van der Waals surface area (Å²) < 4.78 is 10.5. The second-order valence-corrected chi connectivity index (χ2v) is 3.88. The first-order chi connectivity index (χ1) is 8.31. The lowest BCUT2D eigenvalue weighted by molar-refractivity contribution is -0.148. The normalized spacial score (nSPS) is 22.1. The molecule has 0 spiro atoms. The van der Waals surface area contributed by atoms with Gasteiger partial charge in [-0.1, -0.05) is 6.92 Å². The van der Waals surface area contributed by atoms with E-state index in [-0.39, 0.29) is 11.9 Å². The third-order valence-electron chi connectivity index (χ3n) is 2.68. The Balaban J connectivity index is 1.92. The summed E-state index contributed by atoms with van der Waals surface area (Å²) in [6, 6.07) is -0.108. The molecule has 1 aliphatic rings. The Hall–Kier alpha value is -1.40. The van der Waals surface area contributed by atoms with E-state index in [9.17, 15) is 4.79 Å². The molecule has 6 heteroatoms. The van der Waals surface area contributed by atoms with Crippen molar-refractivity contribution in [1.29, 1.82) is 0 Å². The van der Waals surface area contributed by atoms with Crippen molar-refractivity contribution in [3.05, 3.63) is 18.2 Å². The molecule has 2 unspecified atom stereocenters. The van der Waals surface area contributed by atoms with Crippen LogP contribution < -0.4 is 5.32 Å². The Kier molecular flexibility index (Phi) is 4.11. The maximum atomic E-state index is 11.9. The summed E-state index contributed by atoms with van der Waals surface area (Å²) in [5.41, 5.74) is 0. The molecule has 0 aliphatic carbocycles. The largest absolute Gasteiger partial charge is 0.376 e. The summed E-state index contributed by atoms with van der Waals surface area (Å²) in [6.07, 6.45) is 3.68. The molecule has 6 nitrogen and oxygen atoms in total. The molecule has 1 aromatic rings. The third kappa shape index (κ3) is 3.04. The van der Waals surface area contributed by atoms with E-state index in [0.29, 0.717) is 19.8 Å². The Morgan fingerprint density at radius 3 is 3.18 bits per heavy atom. The number of aromatic nitrogens is 2. The fourth-order valence-corrected chi connectivity index (χ4v) is 1.74. The van der Waals surface area contributed by atoms with Crippen LogP contribution in [0.5, 0.6) is 0 Å². The quantitative estimate of drug-likeness (QED) is 0.797. The van der Waals surface area contributed by atoms with Gasteiger partial charge in [0, 0.05) is 12.4 Å². The zero-order chi connectivity index (χ0) is 12.1. The van der Waals surface area contributed by atoms with Gasteiger partial charge in [-0.2, -0.15) is 0 Å². The monoisotopic (exact) mass is 239 g/mol. The van der Waals surface area contributed by atoms with E-state index in [2.05, 4.69) is 15.3 Å². The van der Waals surface area contributed by atoms with Crippen molar-refractivity contribution in [2.75, 3.05) is 19.8 Å². The second kappa shape index (κ2) is 5.79. The van der Waals surface area contributed by atoms with Crippen molar-refractivity contribution < 1.29 is 14.3 Å². The molecule has 17 heavy (non-hydrogen) atoms. The van der Waals surface area contributed by atoms with Crippen LogP contribution in [0.15, 0.2) is 12.4 Å². The second-order valence-electron chi connectivity index (χ2n) is 3.88. The van der Waals surface area contributed by atoms with Crippen molar-refractivity contribution in [2.24, 2.45) is 0 Å². The van der Waals surface area contributed by atoms with Crippen LogP contribution in [0.25, 0.3) is 0 Å². The first-order valence-corrected chi connectivity index (χ1v) is 5.80. The number of H-pyrrole nitrogens is 1. The summed E-state index contributed by atoms with van der Waals surface area (Å²) in [4.78, 5) is 19.0. The highest BCUT2D eigenvalue weighted by Gasteiger charge is 2.25. The number of nitrogens with zero attached hydrogens (tertiary/aromatic N) is 1. The minimum absolute atomic E-state index is 0.108. The van der Waals surface area contributed by atoms with Crippen LogP contribution in [0.1, 0.15) is 25.2 Å². The van der Waals surface area contributed by atoms with Gasteiger partial charge in [0.1, 0.15) is 5.82 Å². The van der Waals surface area contributed by atoms with Crippen LogP contribution in [0.2, 0.25) is 0 Å².